The summed E-state index contributed by atoms with van der Waals surface area (Å²) in [6.07, 6.45) is -8.45. The summed E-state index contributed by atoms with van der Waals surface area (Å²) < 4.78 is 72.5. The Morgan fingerprint density at radius 3 is 2.04 bits per heavy atom. The molecule has 26 heavy (non-hydrogen) atoms. The second-order valence-electron chi connectivity index (χ2n) is 5.32. The maximum absolute atomic E-state index is 12.8. The van der Waals surface area contributed by atoms with Crippen molar-refractivity contribution < 1.29 is 56.8 Å². The number of hydrogen-bond acceptors (Lipinski definition) is 7. The SMILES string of the molecule is FOCC1OC(OCCc2ccc(OF)cc2)C(OF)C(OF)C1OF. The highest BCUT2D eigenvalue weighted by molar-refractivity contribution is 5.26. The molecular weight excluding hydrogens is 375 g/mol. The van der Waals surface area contributed by atoms with Gasteiger partial charge < -0.3 is 9.47 Å². The third kappa shape index (κ3) is 4.99. The van der Waals surface area contributed by atoms with E-state index in [4.69, 9.17) is 9.47 Å². The van der Waals surface area contributed by atoms with E-state index in [0.717, 1.165) is 0 Å². The maximum atomic E-state index is 12.8. The molecule has 1 heterocycles. The average molecular weight is 390 g/mol. The molecule has 0 N–H and O–H groups in total. The molecule has 1 aromatic rings. The zero-order valence-corrected chi connectivity index (χ0v) is 13.1. The number of benzene rings is 1. The highest BCUT2D eigenvalue weighted by atomic mass is 19.3. The molecule has 0 amide bonds. The summed E-state index contributed by atoms with van der Waals surface area (Å²) >= 11 is 0. The molecule has 0 bridgehead atoms. The van der Waals surface area contributed by atoms with Gasteiger partial charge in [-0.05, 0) is 42.2 Å². The Morgan fingerprint density at radius 1 is 0.846 bits per heavy atom. The second-order valence-corrected chi connectivity index (χ2v) is 5.32. The summed E-state index contributed by atoms with van der Waals surface area (Å²) in [5.74, 6) is 0.00504. The lowest BCUT2D eigenvalue weighted by Gasteiger charge is -2.40. The molecule has 1 aliphatic heterocycles. The first-order chi connectivity index (χ1) is 12.7. The molecular formula is C14H15F5O7. The van der Waals surface area contributed by atoms with Crippen molar-refractivity contribution in [1.29, 1.82) is 0 Å². The second kappa shape index (κ2) is 10.5. The molecule has 5 atom stereocenters. The van der Waals surface area contributed by atoms with Gasteiger partial charge >= 0.3 is 0 Å². The van der Waals surface area contributed by atoms with E-state index >= 15 is 0 Å². The highest BCUT2D eigenvalue weighted by Gasteiger charge is 2.51. The first-order valence-corrected chi connectivity index (χ1v) is 7.38. The Labute approximate surface area is 143 Å². The molecule has 0 saturated carbocycles. The Morgan fingerprint density at radius 2 is 1.50 bits per heavy atom. The van der Waals surface area contributed by atoms with E-state index in [2.05, 4.69) is 24.7 Å². The smallest absolute Gasteiger partial charge is 0.190 e. The molecule has 1 saturated heterocycles. The van der Waals surface area contributed by atoms with E-state index in [0.29, 0.717) is 5.56 Å². The summed E-state index contributed by atoms with van der Waals surface area (Å²) in [5.41, 5.74) is 0.700. The lowest BCUT2D eigenvalue weighted by atomic mass is 9.99. The maximum Gasteiger partial charge on any atom is 0.190 e. The molecule has 1 fully saturated rings. The van der Waals surface area contributed by atoms with Crippen LogP contribution in [0.5, 0.6) is 5.75 Å². The first-order valence-electron chi connectivity index (χ1n) is 7.38. The Kier molecular flexibility index (Phi) is 8.41. The standard InChI is InChI=1S/C14H15F5O7/c15-21-7-10-11(24-17)12(25-18)13(26-19)14(22-10)20-6-5-8-1-3-9(23-16)4-2-8/h1-4,10-14H,5-7H2. The fraction of sp³-hybridized carbons (Fsp3) is 0.571. The van der Waals surface area contributed by atoms with Crippen LogP contribution in [-0.2, 0) is 35.7 Å². The Hall–Kier alpha value is -1.57. The third-order valence-electron chi connectivity index (χ3n) is 3.81. The molecule has 0 aliphatic carbocycles. The molecule has 5 unspecified atom stereocenters. The van der Waals surface area contributed by atoms with Crippen molar-refractivity contribution in [3.8, 4) is 5.75 Å². The summed E-state index contributed by atoms with van der Waals surface area (Å²) in [6.45, 7) is -0.929. The number of ether oxygens (including phenoxy) is 2. The predicted octanol–water partition coefficient (Wildman–Crippen LogP) is 2.94. The minimum absolute atomic E-state index is 0.00504. The predicted molar refractivity (Wildman–Crippen MR) is 71.5 cm³/mol. The van der Waals surface area contributed by atoms with Crippen molar-refractivity contribution in [2.24, 2.45) is 0 Å². The highest BCUT2D eigenvalue weighted by Crippen LogP contribution is 2.30. The number of halogens is 5. The van der Waals surface area contributed by atoms with Crippen molar-refractivity contribution in [2.45, 2.75) is 37.1 Å². The topological polar surface area (TPSA) is 64.6 Å². The normalized spacial score (nSPS) is 28.9. The van der Waals surface area contributed by atoms with Crippen LogP contribution in [0, 0.1) is 0 Å². The van der Waals surface area contributed by atoms with Gasteiger partial charge in [-0.2, -0.15) is 19.8 Å². The first kappa shape index (κ1) is 20.7. The van der Waals surface area contributed by atoms with Gasteiger partial charge in [-0.25, -0.2) is 0 Å². The number of hydrogen-bond donors (Lipinski definition) is 0. The van der Waals surface area contributed by atoms with Gasteiger partial charge in [0.05, 0.1) is 6.61 Å². The van der Waals surface area contributed by atoms with Crippen LogP contribution in [0.3, 0.4) is 0 Å². The monoisotopic (exact) mass is 390 g/mol. The Balaban J connectivity index is 1.98. The van der Waals surface area contributed by atoms with Crippen LogP contribution in [0.4, 0.5) is 22.6 Å². The van der Waals surface area contributed by atoms with Crippen LogP contribution >= 0.6 is 0 Å². The van der Waals surface area contributed by atoms with Gasteiger partial charge in [0.25, 0.3) is 0 Å². The van der Waals surface area contributed by atoms with E-state index < -0.39 is 37.3 Å². The van der Waals surface area contributed by atoms with Crippen molar-refractivity contribution in [2.75, 3.05) is 13.2 Å². The molecule has 1 aliphatic rings. The van der Waals surface area contributed by atoms with Crippen LogP contribution in [0.25, 0.3) is 0 Å². The van der Waals surface area contributed by atoms with Crippen molar-refractivity contribution in [1.82, 2.24) is 0 Å². The molecule has 0 spiro atoms. The molecule has 2 rings (SSSR count). The van der Waals surface area contributed by atoms with Crippen LogP contribution < -0.4 is 4.94 Å². The molecule has 12 heteroatoms. The largest absolute Gasteiger partial charge is 0.349 e. The fourth-order valence-corrected chi connectivity index (χ4v) is 2.51. The van der Waals surface area contributed by atoms with E-state index in [9.17, 15) is 22.6 Å². The molecule has 0 radical (unpaired) electrons. The minimum atomic E-state index is -1.94. The van der Waals surface area contributed by atoms with Gasteiger partial charge in [0, 0.05) is 4.53 Å². The average Bonchev–Trinajstić information content (AvgIpc) is 2.68. The lowest BCUT2D eigenvalue weighted by Crippen LogP contribution is -2.60. The fourth-order valence-electron chi connectivity index (χ4n) is 2.51. The Bertz CT molecular complexity index is 523. The van der Waals surface area contributed by atoms with E-state index in [1.165, 1.54) is 12.1 Å². The summed E-state index contributed by atoms with van der Waals surface area (Å²) in [5, 5.41) is 0. The summed E-state index contributed by atoms with van der Waals surface area (Å²) in [6, 6.07) is 5.82. The van der Waals surface area contributed by atoms with E-state index in [1.807, 2.05) is 0 Å². The quantitative estimate of drug-likeness (QED) is 0.569. The van der Waals surface area contributed by atoms with Gasteiger partial charge in [0.1, 0.15) is 12.7 Å². The zero-order valence-electron chi connectivity index (χ0n) is 13.1. The van der Waals surface area contributed by atoms with Gasteiger partial charge in [-0.3, -0.25) is 4.94 Å². The molecule has 0 aromatic heterocycles. The van der Waals surface area contributed by atoms with Crippen LogP contribution in [0.2, 0.25) is 0 Å². The van der Waals surface area contributed by atoms with Crippen LogP contribution in [0.1, 0.15) is 5.56 Å². The third-order valence-corrected chi connectivity index (χ3v) is 3.81. The number of rotatable bonds is 10. The summed E-state index contributed by atoms with van der Waals surface area (Å²) in [7, 11) is 0. The van der Waals surface area contributed by atoms with Crippen molar-refractivity contribution in [3.63, 3.8) is 0 Å². The van der Waals surface area contributed by atoms with Gasteiger partial charge in [0.2, 0.25) is 0 Å². The zero-order chi connectivity index (χ0) is 18.9. The van der Waals surface area contributed by atoms with E-state index in [-0.39, 0.29) is 18.8 Å². The van der Waals surface area contributed by atoms with Crippen LogP contribution in [0.15, 0.2) is 24.3 Å². The van der Waals surface area contributed by atoms with Crippen molar-refractivity contribution >= 4 is 0 Å². The van der Waals surface area contributed by atoms with Gasteiger partial charge in [0.15, 0.2) is 30.4 Å². The molecule has 7 nitrogen and oxygen atoms in total. The minimum Gasteiger partial charge on any atom is -0.349 e. The lowest BCUT2D eigenvalue weighted by molar-refractivity contribution is -0.409. The molecule has 1 aromatic carbocycles. The van der Waals surface area contributed by atoms with Crippen molar-refractivity contribution in [3.05, 3.63) is 29.8 Å². The summed E-state index contributed by atoms with van der Waals surface area (Å²) in [4.78, 5) is 17.3. The van der Waals surface area contributed by atoms with Crippen LogP contribution in [-0.4, -0.2) is 43.9 Å². The van der Waals surface area contributed by atoms with E-state index in [1.54, 1.807) is 12.1 Å². The van der Waals surface area contributed by atoms with Gasteiger partial charge in [-0.15, -0.1) is 0 Å². The van der Waals surface area contributed by atoms with Gasteiger partial charge in [-0.1, -0.05) is 12.1 Å². The molecule has 148 valence electrons.